The average molecular weight is 312 g/mol. The molecule has 1 rings (SSSR count). The molecule has 0 aliphatic rings. The monoisotopic (exact) mass is 312 g/mol. The summed E-state index contributed by atoms with van der Waals surface area (Å²) >= 11 is 0. The molecule has 1 aromatic rings. The second-order valence-corrected chi connectivity index (χ2v) is 1.49. The van der Waals surface area contributed by atoms with Crippen LogP contribution in [0, 0.1) is 0 Å². The van der Waals surface area contributed by atoms with Crippen LogP contribution in [-0.4, -0.2) is 22.5 Å². The summed E-state index contributed by atoms with van der Waals surface area (Å²) in [5.41, 5.74) is 0.127. The van der Waals surface area contributed by atoms with Crippen LogP contribution in [0.4, 0.5) is 0 Å². The fourth-order valence-electron chi connectivity index (χ4n) is 0.469. The zero-order chi connectivity index (χ0) is 7.40. The zero-order valence-electron chi connectivity index (χ0n) is 6.02. The van der Waals surface area contributed by atoms with E-state index in [9.17, 15) is 9.59 Å². The normalized spacial score (nSPS) is 7.33. The molecule has 4 nitrogen and oxygen atoms in total. The summed E-state index contributed by atoms with van der Waals surface area (Å²) in [6, 6.07) is 1.21. The maximum absolute atomic E-state index is 9.93. The first-order chi connectivity index (χ1) is 4.86. The van der Waals surface area contributed by atoms with Crippen LogP contribution in [-0.2, 0) is 75.0 Å². The van der Waals surface area contributed by atoms with E-state index in [1.54, 1.807) is 0 Å². The summed E-state index contributed by atoms with van der Waals surface area (Å²) in [5, 5.41) is 0. The molecule has 1 heterocycles. The summed E-state index contributed by atoms with van der Waals surface area (Å²) in [7, 11) is 0. The summed E-state index contributed by atoms with van der Waals surface area (Å²) in [5.74, 6) is 0. The number of carbonyl (C=O) groups excluding carboxylic acids is 2. The van der Waals surface area contributed by atoms with E-state index in [-0.39, 0.29) is 76.8 Å². The van der Waals surface area contributed by atoms with Gasteiger partial charge in [0.15, 0.2) is 0 Å². The van der Waals surface area contributed by atoms with Crippen LogP contribution >= 0.6 is 0 Å². The molecule has 12 heavy (non-hydrogen) atoms. The smallest absolute Gasteiger partial charge is 0.109 e. The number of rotatable bonds is 2. The van der Waals surface area contributed by atoms with E-state index in [2.05, 4.69) is 9.97 Å². The number of hydrogen-bond donors (Lipinski definition) is 0. The fraction of sp³-hybridized carbons (Fsp3) is 0. The van der Waals surface area contributed by atoms with Crippen molar-refractivity contribution in [3.63, 3.8) is 0 Å². The Hall–Kier alpha value is 0.628. The third-order valence-corrected chi connectivity index (χ3v) is 0.876. The Labute approximate surface area is 120 Å². The van der Waals surface area contributed by atoms with Crippen molar-refractivity contribution in [2.75, 3.05) is 0 Å². The van der Waals surface area contributed by atoms with Gasteiger partial charge in [0, 0.05) is 78.0 Å². The second kappa shape index (κ2) is 8.24. The quantitative estimate of drug-likeness (QED) is 0.684. The van der Waals surface area contributed by atoms with Gasteiger partial charge in [-0.25, -0.2) is 0 Å². The van der Waals surface area contributed by atoms with Crippen molar-refractivity contribution < 1.29 is 75.0 Å². The van der Waals surface area contributed by atoms with Crippen LogP contribution < -0.4 is 0 Å². The molecule has 0 saturated heterocycles. The van der Waals surface area contributed by atoms with Gasteiger partial charge in [0.25, 0.3) is 0 Å². The molecule has 0 spiro atoms. The molecule has 0 bridgehead atoms. The first kappa shape index (κ1) is 15.1. The molecular formula is C6H2N2O2Y2-2. The van der Waals surface area contributed by atoms with E-state index >= 15 is 0 Å². The summed E-state index contributed by atoms with van der Waals surface area (Å²) in [4.78, 5) is 26.8. The van der Waals surface area contributed by atoms with Gasteiger partial charge in [-0.2, -0.15) is 6.07 Å². The minimum absolute atomic E-state index is 0. The topological polar surface area (TPSA) is 59.9 Å². The largest absolute Gasteiger partial charge is 0.417 e. The average Bonchev–Trinajstić information content (AvgIpc) is 2.05. The van der Waals surface area contributed by atoms with Gasteiger partial charge in [0.1, 0.15) is 6.33 Å². The van der Waals surface area contributed by atoms with Crippen molar-refractivity contribution >= 4 is 12.6 Å². The van der Waals surface area contributed by atoms with Crippen molar-refractivity contribution in [3.05, 3.63) is 23.8 Å². The second-order valence-electron chi connectivity index (χ2n) is 1.49. The molecule has 0 N–H and O–H groups in total. The van der Waals surface area contributed by atoms with E-state index in [1.165, 1.54) is 18.6 Å². The summed E-state index contributed by atoms with van der Waals surface area (Å²) in [6.07, 6.45) is 4.15. The summed E-state index contributed by atoms with van der Waals surface area (Å²) in [6.45, 7) is 0. The molecule has 6 heteroatoms. The number of hydrogen-bond acceptors (Lipinski definition) is 4. The molecule has 0 unspecified atom stereocenters. The van der Waals surface area contributed by atoms with Gasteiger partial charge >= 0.3 is 0 Å². The minimum atomic E-state index is 0. The molecule has 0 amide bonds. The minimum Gasteiger partial charge on any atom is -0.417 e. The fourth-order valence-corrected chi connectivity index (χ4v) is 0.469. The molecular weight excluding hydrogens is 310 g/mol. The number of nitrogens with zero attached hydrogens (tertiary/aromatic N) is 2. The van der Waals surface area contributed by atoms with Crippen molar-refractivity contribution in [1.82, 2.24) is 9.97 Å². The SMILES string of the molecule is O=[C-]c1cc([C-]=O)ncn1.[Y].[Y]. The van der Waals surface area contributed by atoms with Crippen LogP contribution in [0.1, 0.15) is 11.4 Å². The molecule has 0 aliphatic heterocycles. The molecule has 1 aromatic heterocycles. The third-order valence-electron chi connectivity index (χ3n) is 0.876. The maximum Gasteiger partial charge on any atom is 0.109 e. The van der Waals surface area contributed by atoms with Gasteiger partial charge < -0.3 is 9.59 Å². The predicted molar refractivity (Wildman–Crippen MR) is 31.6 cm³/mol. The van der Waals surface area contributed by atoms with Crippen molar-refractivity contribution in [3.8, 4) is 0 Å². The van der Waals surface area contributed by atoms with E-state index < -0.39 is 0 Å². The van der Waals surface area contributed by atoms with Gasteiger partial charge in [-0.1, -0.05) is 11.4 Å². The van der Waals surface area contributed by atoms with Crippen molar-refractivity contribution in [1.29, 1.82) is 0 Å². The number of aromatic nitrogens is 2. The third kappa shape index (κ3) is 4.60. The molecule has 2 radical (unpaired) electrons. The van der Waals surface area contributed by atoms with Gasteiger partial charge in [0.2, 0.25) is 0 Å². The molecule has 0 aliphatic carbocycles. The van der Waals surface area contributed by atoms with E-state index in [4.69, 9.17) is 0 Å². The molecule has 0 atom stereocenters. The Kier molecular flexibility index (Phi) is 10.4. The van der Waals surface area contributed by atoms with Crippen LogP contribution in [0.15, 0.2) is 12.4 Å². The zero-order valence-corrected chi connectivity index (χ0v) is 11.7. The standard InChI is InChI=1S/C6H2N2O2.2Y/c9-2-5-1-6(3-10)8-4-7-5;;/h1,4H;;/q-2;;. The van der Waals surface area contributed by atoms with Crippen LogP contribution in [0.2, 0.25) is 0 Å². The first-order valence-corrected chi connectivity index (χ1v) is 2.45. The van der Waals surface area contributed by atoms with E-state index in [0.29, 0.717) is 0 Å². The Bertz CT molecular complexity index is 244. The Morgan fingerprint density at radius 2 is 1.42 bits per heavy atom. The van der Waals surface area contributed by atoms with Crippen LogP contribution in [0.3, 0.4) is 0 Å². The van der Waals surface area contributed by atoms with Crippen LogP contribution in [0.25, 0.3) is 0 Å². The molecule has 0 aromatic carbocycles. The van der Waals surface area contributed by atoms with E-state index in [1.807, 2.05) is 0 Å². The van der Waals surface area contributed by atoms with Gasteiger partial charge in [-0.3, -0.25) is 9.97 Å². The van der Waals surface area contributed by atoms with Gasteiger partial charge in [0.05, 0.1) is 0 Å². The van der Waals surface area contributed by atoms with Gasteiger partial charge in [-0.15, -0.1) is 0 Å². The Balaban J connectivity index is 0. The first-order valence-electron chi connectivity index (χ1n) is 2.45. The predicted octanol–water partition coefficient (Wildman–Crippen LogP) is -0.613. The Morgan fingerprint density at radius 1 is 1.00 bits per heavy atom. The molecule has 0 saturated carbocycles. The van der Waals surface area contributed by atoms with Crippen LogP contribution in [0.5, 0.6) is 0 Å². The summed E-state index contributed by atoms with van der Waals surface area (Å²) < 4.78 is 0. The molecule has 0 fully saturated rings. The van der Waals surface area contributed by atoms with E-state index in [0.717, 1.165) is 6.33 Å². The van der Waals surface area contributed by atoms with Gasteiger partial charge in [-0.05, 0) is 0 Å². The Morgan fingerprint density at radius 3 is 1.75 bits per heavy atom. The van der Waals surface area contributed by atoms with Crippen molar-refractivity contribution in [2.45, 2.75) is 0 Å². The maximum atomic E-state index is 9.93. The van der Waals surface area contributed by atoms with Crippen molar-refractivity contribution in [2.24, 2.45) is 0 Å². The molecule has 56 valence electrons.